The first-order valence-electron chi connectivity index (χ1n) is 9.18. The Bertz CT molecular complexity index is 412. The van der Waals surface area contributed by atoms with E-state index in [4.69, 9.17) is 23.7 Å². The first-order valence-corrected chi connectivity index (χ1v) is 9.18. The monoisotopic (exact) mass is 353 g/mol. The van der Waals surface area contributed by atoms with Crippen LogP contribution in [0.1, 0.15) is 12.8 Å². The summed E-state index contributed by atoms with van der Waals surface area (Å²) in [7, 11) is 0. The largest absolute Gasteiger partial charge is 0.491 e. The van der Waals surface area contributed by atoms with Crippen LogP contribution in [0.5, 0.6) is 5.75 Å². The maximum Gasteiger partial charge on any atom is 0.119 e. The number of ether oxygens (including phenoxy) is 5. The van der Waals surface area contributed by atoms with Gasteiger partial charge in [-0.2, -0.15) is 0 Å². The third-order valence-electron chi connectivity index (χ3n) is 3.85. The van der Waals surface area contributed by atoms with E-state index in [-0.39, 0.29) is 0 Å². The summed E-state index contributed by atoms with van der Waals surface area (Å²) in [5, 5.41) is 3.32. The normalized spacial score (nSPS) is 15.4. The second kappa shape index (κ2) is 14.0. The molecule has 0 saturated carbocycles. The lowest BCUT2D eigenvalue weighted by molar-refractivity contribution is -0.0260. The van der Waals surface area contributed by atoms with Crippen LogP contribution in [0.2, 0.25) is 0 Å². The Morgan fingerprint density at radius 1 is 0.720 bits per heavy atom. The van der Waals surface area contributed by atoms with Crippen molar-refractivity contribution < 1.29 is 23.7 Å². The molecule has 1 fully saturated rings. The Balaban J connectivity index is 1.27. The van der Waals surface area contributed by atoms with Crippen molar-refractivity contribution in [1.82, 2.24) is 5.32 Å². The molecule has 0 radical (unpaired) electrons. The first-order chi connectivity index (χ1) is 12.4. The summed E-state index contributed by atoms with van der Waals surface area (Å²) in [5.74, 6) is 0.864. The summed E-state index contributed by atoms with van der Waals surface area (Å²) in [4.78, 5) is 0. The Morgan fingerprint density at radius 3 is 1.92 bits per heavy atom. The predicted molar refractivity (Wildman–Crippen MR) is 96.2 cm³/mol. The number of para-hydroxylation sites is 1. The fourth-order valence-electron chi connectivity index (χ4n) is 2.51. The highest BCUT2D eigenvalue weighted by Gasteiger charge is 2.12. The summed E-state index contributed by atoms with van der Waals surface area (Å²) in [6.07, 6.45) is 2.59. The highest BCUT2D eigenvalue weighted by Crippen LogP contribution is 2.07. The minimum Gasteiger partial charge on any atom is -0.491 e. The molecule has 6 heteroatoms. The fraction of sp³-hybridized carbons (Fsp3) is 0.684. The van der Waals surface area contributed by atoms with E-state index in [2.05, 4.69) is 5.32 Å². The van der Waals surface area contributed by atoms with Gasteiger partial charge in [0, 0.05) is 0 Å². The third kappa shape index (κ3) is 10.4. The lowest BCUT2D eigenvalue weighted by Gasteiger charge is -2.22. The average molecular weight is 353 g/mol. The quantitative estimate of drug-likeness (QED) is 0.516. The van der Waals surface area contributed by atoms with Crippen LogP contribution in [0.3, 0.4) is 0 Å². The predicted octanol–water partition coefficient (Wildman–Crippen LogP) is 1.88. The smallest absolute Gasteiger partial charge is 0.119 e. The Labute approximate surface area is 150 Å². The van der Waals surface area contributed by atoms with Crippen molar-refractivity contribution in [1.29, 1.82) is 0 Å². The van der Waals surface area contributed by atoms with Gasteiger partial charge in [-0.15, -0.1) is 0 Å². The Morgan fingerprint density at radius 2 is 1.28 bits per heavy atom. The van der Waals surface area contributed by atoms with Crippen LogP contribution in [0, 0.1) is 0 Å². The van der Waals surface area contributed by atoms with Crippen LogP contribution < -0.4 is 10.1 Å². The molecule has 1 aromatic rings. The number of piperidine rings is 1. The molecule has 1 aromatic carbocycles. The zero-order valence-corrected chi connectivity index (χ0v) is 15.0. The minimum atomic E-state index is 0.393. The van der Waals surface area contributed by atoms with Crippen LogP contribution in [-0.4, -0.2) is 72.0 Å². The molecule has 0 amide bonds. The molecule has 0 unspecified atom stereocenters. The number of rotatable bonds is 14. The molecular weight excluding hydrogens is 322 g/mol. The maximum absolute atomic E-state index is 5.76. The lowest BCUT2D eigenvalue weighted by atomic mass is 10.1. The molecule has 25 heavy (non-hydrogen) atoms. The van der Waals surface area contributed by atoms with Crippen LogP contribution in [-0.2, 0) is 18.9 Å². The Kier molecular flexibility index (Phi) is 11.3. The molecule has 142 valence electrons. The molecule has 1 aliphatic rings. The molecule has 6 nitrogen and oxygen atoms in total. The number of benzene rings is 1. The lowest BCUT2D eigenvalue weighted by Crippen LogP contribution is -2.33. The molecule has 2 rings (SSSR count). The van der Waals surface area contributed by atoms with Gasteiger partial charge in [-0.05, 0) is 38.1 Å². The van der Waals surface area contributed by atoms with Crippen molar-refractivity contribution in [2.75, 3.05) is 65.9 Å². The molecule has 0 aromatic heterocycles. The highest BCUT2D eigenvalue weighted by molar-refractivity contribution is 5.20. The molecule has 0 atom stereocenters. The number of hydrogen-bond acceptors (Lipinski definition) is 6. The molecule has 1 aliphatic heterocycles. The van der Waals surface area contributed by atoms with Gasteiger partial charge in [0.1, 0.15) is 12.4 Å². The van der Waals surface area contributed by atoms with E-state index in [0.717, 1.165) is 31.7 Å². The maximum atomic E-state index is 5.76. The molecular formula is C19H31NO5. The topological polar surface area (TPSA) is 58.2 Å². The van der Waals surface area contributed by atoms with Crippen LogP contribution >= 0.6 is 0 Å². The van der Waals surface area contributed by atoms with E-state index in [1.807, 2.05) is 30.3 Å². The van der Waals surface area contributed by atoms with E-state index in [1.54, 1.807) is 0 Å². The van der Waals surface area contributed by atoms with Gasteiger partial charge in [-0.3, -0.25) is 0 Å². The van der Waals surface area contributed by atoms with Gasteiger partial charge in [-0.25, -0.2) is 0 Å². The van der Waals surface area contributed by atoms with E-state index < -0.39 is 0 Å². The van der Waals surface area contributed by atoms with Gasteiger partial charge in [0.25, 0.3) is 0 Å². The van der Waals surface area contributed by atoms with Crippen LogP contribution in [0.15, 0.2) is 30.3 Å². The van der Waals surface area contributed by atoms with Gasteiger partial charge >= 0.3 is 0 Å². The first kappa shape index (κ1) is 20.1. The highest BCUT2D eigenvalue weighted by atomic mass is 16.6. The van der Waals surface area contributed by atoms with E-state index >= 15 is 0 Å². The second-order valence-electron chi connectivity index (χ2n) is 5.82. The molecule has 0 aliphatic carbocycles. The number of nitrogens with one attached hydrogen (secondary N) is 1. The standard InChI is InChI=1S/C19H31NO5/c1-2-4-18(5-3-1)24-16-14-22-12-10-21-11-13-23-15-17-25-19-6-8-20-9-7-19/h1-5,19-20H,6-17H2. The van der Waals surface area contributed by atoms with Crippen molar-refractivity contribution in [3.8, 4) is 5.75 Å². The van der Waals surface area contributed by atoms with Gasteiger partial charge in [0.2, 0.25) is 0 Å². The van der Waals surface area contributed by atoms with Crippen molar-refractivity contribution in [2.45, 2.75) is 18.9 Å². The fourth-order valence-corrected chi connectivity index (χ4v) is 2.51. The van der Waals surface area contributed by atoms with Crippen LogP contribution in [0.4, 0.5) is 0 Å². The zero-order chi connectivity index (χ0) is 17.4. The minimum absolute atomic E-state index is 0.393. The van der Waals surface area contributed by atoms with Crippen molar-refractivity contribution in [2.24, 2.45) is 0 Å². The van der Waals surface area contributed by atoms with Crippen molar-refractivity contribution in [3.63, 3.8) is 0 Å². The zero-order valence-electron chi connectivity index (χ0n) is 15.0. The van der Waals surface area contributed by atoms with Gasteiger partial charge < -0.3 is 29.0 Å². The molecule has 0 spiro atoms. The molecule has 1 N–H and O–H groups in total. The van der Waals surface area contributed by atoms with E-state index in [1.165, 1.54) is 0 Å². The second-order valence-corrected chi connectivity index (χ2v) is 5.82. The van der Waals surface area contributed by atoms with Crippen molar-refractivity contribution in [3.05, 3.63) is 30.3 Å². The summed E-state index contributed by atoms with van der Waals surface area (Å²) in [5.41, 5.74) is 0. The van der Waals surface area contributed by atoms with Gasteiger partial charge in [0.15, 0.2) is 0 Å². The SMILES string of the molecule is c1ccc(OCCOCCOCCOCCOC2CCNCC2)cc1. The van der Waals surface area contributed by atoms with Crippen molar-refractivity contribution >= 4 is 0 Å². The van der Waals surface area contributed by atoms with Crippen LogP contribution in [0.25, 0.3) is 0 Å². The van der Waals surface area contributed by atoms with E-state index in [9.17, 15) is 0 Å². The molecule has 1 heterocycles. The molecule has 0 bridgehead atoms. The summed E-state index contributed by atoms with van der Waals surface area (Å²) < 4.78 is 27.7. The molecule has 1 saturated heterocycles. The summed E-state index contributed by atoms with van der Waals surface area (Å²) >= 11 is 0. The van der Waals surface area contributed by atoms with E-state index in [0.29, 0.717) is 59.0 Å². The van der Waals surface area contributed by atoms with Gasteiger partial charge in [-0.1, -0.05) is 18.2 Å². The summed E-state index contributed by atoms with van der Waals surface area (Å²) in [6, 6.07) is 9.73. The Hall–Kier alpha value is -1.18. The third-order valence-corrected chi connectivity index (χ3v) is 3.85. The van der Waals surface area contributed by atoms with Gasteiger partial charge in [0.05, 0.1) is 52.4 Å². The summed E-state index contributed by atoms with van der Waals surface area (Å²) in [6.45, 7) is 6.81. The number of hydrogen-bond donors (Lipinski definition) is 1. The average Bonchev–Trinajstić information content (AvgIpc) is 2.67.